The zero-order valence-electron chi connectivity index (χ0n) is 10.9. The zero-order valence-corrected chi connectivity index (χ0v) is 10.9. The molecule has 0 radical (unpaired) electrons. The maximum Gasteiger partial charge on any atom is 0.145 e. The molecule has 20 heavy (non-hydrogen) atoms. The number of hydrogen-bond acceptors (Lipinski definition) is 3. The van der Waals surface area contributed by atoms with E-state index in [0.717, 1.165) is 16.7 Å². The molecule has 0 bridgehead atoms. The van der Waals surface area contributed by atoms with Crippen molar-refractivity contribution in [3.63, 3.8) is 0 Å². The molecule has 1 aromatic carbocycles. The van der Waals surface area contributed by atoms with E-state index in [1.807, 2.05) is 42.5 Å². The number of aromatic hydroxyl groups is 1. The highest BCUT2D eigenvalue weighted by Gasteiger charge is 2.10. The van der Waals surface area contributed by atoms with Crippen molar-refractivity contribution < 1.29 is 5.11 Å². The van der Waals surface area contributed by atoms with Crippen molar-refractivity contribution in [1.29, 1.82) is 0 Å². The molecule has 0 aliphatic carbocycles. The predicted molar refractivity (Wildman–Crippen MR) is 78.4 cm³/mol. The van der Waals surface area contributed by atoms with E-state index in [9.17, 15) is 5.11 Å². The Morgan fingerprint density at radius 2 is 1.75 bits per heavy atom. The molecule has 0 aliphatic heterocycles. The highest BCUT2D eigenvalue weighted by Crippen LogP contribution is 2.31. The maximum absolute atomic E-state index is 10.4. The molecule has 0 unspecified atom stereocenters. The van der Waals surface area contributed by atoms with E-state index in [-0.39, 0.29) is 5.75 Å². The van der Waals surface area contributed by atoms with Crippen LogP contribution in [0.3, 0.4) is 0 Å². The van der Waals surface area contributed by atoms with E-state index in [1.165, 1.54) is 0 Å². The predicted octanol–water partition coefficient (Wildman–Crippen LogP) is 3.44. The largest absolute Gasteiger partial charge is 0.505 e. The van der Waals surface area contributed by atoms with Gasteiger partial charge in [-0.25, -0.2) is 0 Å². The first kappa shape index (κ1) is 12.4. The maximum atomic E-state index is 10.4. The Morgan fingerprint density at radius 1 is 0.900 bits per heavy atom. The standard InChI is InChI=1S/C17H14N2O/c20-17-15(14-7-4-9-18-12-14)8-10-19-16(17)11-13-5-2-1-3-6-13/h1-10,12,20H,11H2. The molecule has 3 rings (SSSR count). The Bertz CT molecular complexity index is 697. The monoisotopic (exact) mass is 262 g/mol. The summed E-state index contributed by atoms with van der Waals surface area (Å²) in [6.45, 7) is 0. The Balaban J connectivity index is 1.98. The molecule has 2 aromatic heterocycles. The van der Waals surface area contributed by atoms with E-state index in [0.29, 0.717) is 12.1 Å². The number of rotatable bonds is 3. The van der Waals surface area contributed by atoms with Crippen LogP contribution in [0.25, 0.3) is 11.1 Å². The molecule has 3 nitrogen and oxygen atoms in total. The van der Waals surface area contributed by atoms with Gasteiger partial charge in [0.1, 0.15) is 5.75 Å². The third-order valence-electron chi connectivity index (χ3n) is 3.19. The molecule has 3 aromatic rings. The van der Waals surface area contributed by atoms with Gasteiger partial charge in [-0.2, -0.15) is 0 Å². The van der Waals surface area contributed by atoms with Crippen LogP contribution in [0.5, 0.6) is 5.75 Å². The lowest BCUT2D eigenvalue weighted by molar-refractivity contribution is 0.467. The summed E-state index contributed by atoms with van der Waals surface area (Å²) in [5.41, 5.74) is 3.46. The lowest BCUT2D eigenvalue weighted by Crippen LogP contribution is -1.94. The Hall–Kier alpha value is -2.68. The number of nitrogens with zero attached hydrogens (tertiary/aromatic N) is 2. The fourth-order valence-corrected chi connectivity index (χ4v) is 2.17. The molecule has 0 aliphatic rings. The lowest BCUT2D eigenvalue weighted by atomic mass is 10.0. The van der Waals surface area contributed by atoms with E-state index < -0.39 is 0 Å². The minimum atomic E-state index is 0.226. The highest BCUT2D eigenvalue weighted by atomic mass is 16.3. The van der Waals surface area contributed by atoms with Gasteiger partial charge in [-0.1, -0.05) is 36.4 Å². The summed E-state index contributed by atoms with van der Waals surface area (Å²) < 4.78 is 0. The Labute approximate surface area is 117 Å². The van der Waals surface area contributed by atoms with Crippen molar-refractivity contribution in [1.82, 2.24) is 9.97 Å². The fourth-order valence-electron chi connectivity index (χ4n) is 2.17. The fraction of sp³-hybridized carbons (Fsp3) is 0.0588. The van der Waals surface area contributed by atoms with Crippen molar-refractivity contribution in [2.45, 2.75) is 6.42 Å². The molecule has 1 N–H and O–H groups in total. The summed E-state index contributed by atoms with van der Waals surface area (Å²) in [6.07, 6.45) is 5.79. The molecule has 98 valence electrons. The molecule has 0 amide bonds. The first-order valence-electron chi connectivity index (χ1n) is 6.46. The highest BCUT2D eigenvalue weighted by molar-refractivity contribution is 5.70. The second-order valence-electron chi connectivity index (χ2n) is 4.56. The summed E-state index contributed by atoms with van der Waals surface area (Å²) in [5.74, 6) is 0.226. The third kappa shape index (κ3) is 2.52. The average Bonchev–Trinajstić information content (AvgIpc) is 2.51. The van der Waals surface area contributed by atoms with Crippen LogP contribution < -0.4 is 0 Å². The topological polar surface area (TPSA) is 46.0 Å². The van der Waals surface area contributed by atoms with Crippen LogP contribution in [-0.4, -0.2) is 15.1 Å². The van der Waals surface area contributed by atoms with Gasteiger partial charge in [0.05, 0.1) is 5.69 Å². The van der Waals surface area contributed by atoms with Crippen molar-refractivity contribution in [2.75, 3.05) is 0 Å². The summed E-state index contributed by atoms with van der Waals surface area (Å²) in [5, 5.41) is 10.4. The second kappa shape index (κ2) is 5.53. The molecule has 3 heteroatoms. The van der Waals surface area contributed by atoms with Crippen molar-refractivity contribution in [3.05, 3.63) is 78.4 Å². The Kier molecular flexibility index (Phi) is 3.42. The third-order valence-corrected chi connectivity index (χ3v) is 3.19. The second-order valence-corrected chi connectivity index (χ2v) is 4.56. The zero-order chi connectivity index (χ0) is 13.8. The van der Waals surface area contributed by atoms with E-state index in [2.05, 4.69) is 9.97 Å². The summed E-state index contributed by atoms with van der Waals surface area (Å²) in [4.78, 5) is 8.37. The van der Waals surface area contributed by atoms with E-state index >= 15 is 0 Å². The van der Waals surface area contributed by atoms with E-state index in [4.69, 9.17) is 0 Å². The summed E-state index contributed by atoms with van der Waals surface area (Å²) in [7, 11) is 0. The van der Waals surface area contributed by atoms with Gasteiger partial charge in [0.15, 0.2) is 0 Å². The molecule has 0 saturated heterocycles. The molecule has 2 heterocycles. The first-order valence-corrected chi connectivity index (χ1v) is 6.46. The van der Waals surface area contributed by atoms with Crippen LogP contribution in [0.4, 0.5) is 0 Å². The summed E-state index contributed by atoms with van der Waals surface area (Å²) in [6, 6.07) is 15.6. The molecule has 0 atom stereocenters. The van der Waals surface area contributed by atoms with Crippen LogP contribution >= 0.6 is 0 Å². The molecular formula is C17H14N2O. The SMILES string of the molecule is Oc1c(-c2cccnc2)ccnc1Cc1ccccc1. The molecular weight excluding hydrogens is 248 g/mol. The van der Waals surface area contributed by atoms with Crippen LogP contribution in [-0.2, 0) is 6.42 Å². The minimum Gasteiger partial charge on any atom is -0.505 e. The lowest BCUT2D eigenvalue weighted by Gasteiger charge is -2.09. The van der Waals surface area contributed by atoms with Crippen LogP contribution in [0.1, 0.15) is 11.3 Å². The number of pyridine rings is 2. The average molecular weight is 262 g/mol. The van der Waals surface area contributed by atoms with Gasteiger partial charge in [-0.05, 0) is 17.7 Å². The van der Waals surface area contributed by atoms with Crippen molar-refractivity contribution in [3.8, 4) is 16.9 Å². The van der Waals surface area contributed by atoms with Gasteiger partial charge in [-0.15, -0.1) is 0 Å². The minimum absolute atomic E-state index is 0.226. The van der Waals surface area contributed by atoms with Crippen molar-refractivity contribution in [2.24, 2.45) is 0 Å². The normalized spacial score (nSPS) is 10.4. The van der Waals surface area contributed by atoms with Gasteiger partial charge in [0.25, 0.3) is 0 Å². The quantitative estimate of drug-likeness (QED) is 0.786. The van der Waals surface area contributed by atoms with Gasteiger partial charge in [0, 0.05) is 36.1 Å². The molecule has 0 fully saturated rings. The van der Waals surface area contributed by atoms with Crippen molar-refractivity contribution >= 4 is 0 Å². The van der Waals surface area contributed by atoms with E-state index in [1.54, 1.807) is 24.7 Å². The number of aromatic nitrogens is 2. The van der Waals surface area contributed by atoms with Crippen LogP contribution in [0.2, 0.25) is 0 Å². The first-order chi connectivity index (χ1) is 9.84. The van der Waals surface area contributed by atoms with Gasteiger partial charge < -0.3 is 5.11 Å². The number of hydrogen-bond donors (Lipinski definition) is 1. The van der Waals surface area contributed by atoms with Crippen LogP contribution in [0.15, 0.2) is 67.1 Å². The van der Waals surface area contributed by atoms with Gasteiger partial charge in [0.2, 0.25) is 0 Å². The summed E-state index contributed by atoms with van der Waals surface area (Å²) >= 11 is 0. The molecule has 0 saturated carbocycles. The number of benzene rings is 1. The van der Waals surface area contributed by atoms with Gasteiger partial charge >= 0.3 is 0 Å². The molecule has 0 spiro atoms. The smallest absolute Gasteiger partial charge is 0.145 e. The van der Waals surface area contributed by atoms with Gasteiger partial charge in [-0.3, -0.25) is 9.97 Å². The Morgan fingerprint density at radius 3 is 2.50 bits per heavy atom. The van der Waals surface area contributed by atoms with Crippen LogP contribution in [0, 0.1) is 0 Å².